The predicted molar refractivity (Wildman–Crippen MR) is 202 cm³/mol. The zero-order valence-electron chi connectivity index (χ0n) is 30.8. The largest absolute Gasteiger partial charge is 0.488 e. The molecule has 1 N–H and O–H groups in total. The molecule has 298 valence electrons. The van der Waals surface area contributed by atoms with Crippen molar-refractivity contribution in [2.45, 2.75) is 68.6 Å². The van der Waals surface area contributed by atoms with Gasteiger partial charge in [0, 0.05) is 18.8 Å². The molecule has 14 heteroatoms. The minimum absolute atomic E-state index is 0.00643. The number of carbonyl (C=O) groups excluding carboxylic acids is 2. The van der Waals surface area contributed by atoms with Gasteiger partial charge in [-0.1, -0.05) is 104 Å². The molecular weight excluding hydrogens is 768 g/mol. The van der Waals surface area contributed by atoms with E-state index >= 15 is 0 Å². The number of ether oxygens (including phenoxy) is 2. The Morgan fingerprint density at radius 1 is 0.719 bits per heavy atom. The van der Waals surface area contributed by atoms with Crippen molar-refractivity contribution in [1.29, 1.82) is 0 Å². The zero-order valence-corrected chi connectivity index (χ0v) is 31.6. The smallest absolute Gasteiger partial charge is 0.342 e. The van der Waals surface area contributed by atoms with E-state index in [1.165, 1.54) is 18.2 Å². The minimum Gasteiger partial charge on any atom is -0.488 e. The lowest BCUT2D eigenvalue weighted by Gasteiger charge is -2.28. The second-order valence-electron chi connectivity index (χ2n) is 13.8. The lowest BCUT2D eigenvalue weighted by Crippen LogP contribution is -2.47. The van der Waals surface area contributed by atoms with Crippen LogP contribution in [-0.2, 0) is 39.2 Å². The number of nitrogens with zero attached hydrogens (tertiary/aromatic N) is 1. The van der Waals surface area contributed by atoms with E-state index in [9.17, 15) is 40.0 Å². The Morgan fingerprint density at radius 3 is 1.88 bits per heavy atom. The third kappa shape index (κ3) is 9.51. The van der Waals surface area contributed by atoms with E-state index in [0.717, 1.165) is 55.8 Å². The van der Waals surface area contributed by atoms with Gasteiger partial charge in [0.1, 0.15) is 30.6 Å². The van der Waals surface area contributed by atoms with Gasteiger partial charge in [0.25, 0.3) is 0 Å². The Labute approximate surface area is 327 Å². The van der Waals surface area contributed by atoms with E-state index < -0.39 is 61.9 Å². The van der Waals surface area contributed by atoms with Gasteiger partial charge >= 0.3 is 5.97 Å². The Bertz CT molecular complexity index is 2300. The van der Waals surface area contributed by atoms with Crippen molar-refractivity contribution in [3.05, 3.63) is 160 Å². The second-order valence-corrected chi connectivity index (χ2v) is 15.7. The van der Waals surface area contributed by atoms with Crippen LogP contribution in [0.4, 0.5) is 27.6 Å². The molecule has 0 saturated heterocycles. The fraction of sp³-hybridized carbons (Fsp3) is 0.256. The first-order valence-electron chi connectivity index (χ1n) is 18.3. The first kappa shape index (κ1) is 41.0. The normalized spacial score (nSPS) is 13.9. The third-order valence-corrected chi connectivity index (χ3v) is 11.8. The molecule has 0 aromatic heterocycles. The molecule has 0 heterocycles. The standard InChI is InChI=1S/C43H39F5N2O6S/c1-50(57(53,54)41-39(47)37(45)36(44)38(46)40(41)48)34(23-27-17-19-31(20-18-27)30-15-9-4-10-16-30)42(51)49-32-21-22-33(43(52)56-26-29-13-7-3-8-14-29)35(24-32)55-25-28-11-5-2-6-12-28/h2-3,5-8,11-14,17-22,24,30,34H,4,9-10,15-16,23,25-26H2,1H3,(H,49,51). The van der Waals surface area contributed by atoms with Crippen molar-refractivity contribution >= 4 is 27.6 Å². The van der Waals surface area contributed by atoms with E-state index in [2.05, 4.69) is 5.32 Å². The number of hydrogen-bond donors (Lipinski definition) is 1. The van der Waals surface area contributed by atoms with Gasteiger partial charge in [0.05, 0.1) is 0 Å². The Kier molecular flexibility index (Phi) is 13.0. The van der Waals surface area contributed by atoms with E-state index in [1.54, 1.807) is 60.7 Å². The summed E-state index contributed by atoms with van der Waals surface area (Å²) in [6.07, 6.45) is 4.98. The molecule has 1 fully saturated rings. The van der Waals surface area contributed by atoms with Gasteiger partial charge in [-0.2, -0.15) is 4.31 Å². The number of nitrogens with one attached hydrogen (secondary N) is 1. The number of halogens is 5. The molecule has 0 spiro atoms. The summed E-state index contributed by atoms with van der Waals surface area (Å²) >= 11 is 0. The molecule has 0 aliphatic heterocycles. The Morgan fingerprint density at radius 2 is 1.28 bits per heavy atom. The maximum atomic E-state index is 14.9. The number of anilines is 1. The van der Waals surface area contributed by atoms with Gasteiger partial charge in [-0.15, -0.1) is 0 Å². The Hall–Kier alpha value is -5.60. The van der Waals surface area contributed by atoms with E-state index in [1.807, 2.05) is 24.3 Å². The molecule has 0 radical (unpaired) electrons. The molecule has 0 bridgehead atoms. The summed E-state index contributed by atoms with van der Waals surface area (Å²) in [5.74, 6) is -14.0. The van der Waals surface area contributed by atoms with Crippen LogP contribution in [0, 0.1) is 29.1 Å². The molecule has 6 rings (SSSR count). The van der Waals surface area contributed by atoms with Crippen LogP contribution in [0.15, 0.2) is 108 Å². The molecule has 1 aliphatic carbocycles. The van der Waals surface area contributed by atoms with Gasteiger partial charge in [0.2, 0.25) is 21.7 Å². The molecule has 1 amide bonds. The summed E-state index contributed by atoms with van der Waals surface area (Å²) in [4.78, 5) is 25.3. The molecule has 5 aromatic carbocycles. The van der Waals surface area contributed by atoms with Crippen LogP contribution < -0.4 is 10.1 Å². The SMILES string of the molecule is CN(C(Cc1ccc(C2CCCCC2)cc1)C(=O)Nc1ccc(C(=O)OCc2ccccc2)c(OCc2ccccc2)c1)S(=O)(=O)c1c(F)c(F)c(F)c(F)c1F. The molecule has 57 heavy (non-hydrogen) atoms. The summed E-state index contributed by atoms with van der Waals surface area (Å²) in [5.41, 5.74) is 3.05. The van der Waals surface area contributed by atoms with Crippen LogP contribution in [0.5, 0.6) is 5.75 Å². The molecule has 1 aliphatic rings. The zero-order chi connectivity index (χ0) is 40.7. The number of carbonyl (C=O) groups is 2. The number of benzene rings is 5. The van der Waals surface area contributed by atoms with Gasteiger partial charge in [-0.3, -0.25) is 4.79 Å². The number of sulfonamides is 1. The molecule has 5 aromatic rings. The van der Waals surface area contributed by atoms with E-state index in [-0.39, 0.29) is 40.9 Å². The fourth-order valence-electron chi connectivity index (χ4n) is 6.74. The van der Waals surface area contributed by atoms with E-state index in [0.29, 0.717) is 11.5 Å². The van der Waals surface area contributed by atoms with Gasteiger partial charge in [0.15, 0.2) is 28.2 Å². The molecule has 1 saturated carbocycles. The number of esters is 1. The van der Waals surface area contributed by atoms with Gasteiger partial charge in [-0.25, -0.2) is 35.2 Å². The second kappa shape index (κ2) is 18.1. The van der Waals surface area contributed by atoms with Crippen LogP contribution in [-0.4, -0.2) is 37.7 Å². The quantitative estimate of drug-likeness (QED) is 0.0520. The van der Waals surface area contributed by atoms with Crippen molar-refractivity contribution in [2.75, 3.05) is 12.4 Å². The highest BCUT2D eigenvalue weighted by Crippen LogP contribution is 2.34. The van der Waals surface area contributed by atoms with Crippen LogP contribution >= 0.6 is 0 Å². The van der Waals surface area contributed by atoms with Crippen LogP contribution in [0.3, 0.4) is 0 Å². The average molecular weight is 807 g/mol. The first-order chi connectivity index (χ1) is 27.3. The van der Waals surface area contributed by atoms with Gasteiger partial charge in [-0.05, 0) is 59.6 Å². The molecular formula is C43H39F5N2O6S. The van der Waals surface area contributed by atoms with Crippen LogP contribution in [0.1, 0.15) is 70.6 Å². The highest BCUT2D eigenvalue weighted by molar-refractivity contribution is 7.89. The number of likely N-dealkylation sites (N-methyl/N-ethyl adjacent to an activating group) is 1. The topological polar surface area (TPSA) is 102 Å². The Balaban J connectivity index is 1.32. The number of amides is 1. The van der Waals surface area contributed by atoms with Crippen molar-refractivity contribution < 1.29 is 49.4 Å². The monoisotopic (exact) mass is 806 g/mol. The van der Waals surface area contributed by atoms with Crippen molar-refractivity contribution in [3.8, 4) is 5.75 Å². The van der Waals surface area contributed by atoms with Crippen molar-refractivity contribution in [2.24, 2.45) is 0 Å². The fourth-order valence-corrected chi connectivity index (χ4v) is 8.17. The predicted octanol–water partition coefficient (Wildman–Crippen LogP) is 9.24. The highest BCUT2D eigenvalue weighted by Gasteiger charge is 2.40. The average Bonchev–Trinajstić information content (AvgIpc) is 3.23. The molecule has 1 atom stereocenters. The van der Waals surface area contributed by atoms with Crippen LogP contribution in [0.2, 0.25) is 0 Å². The summed E-state index contributed by atoms with van der Waals surface area (Å²) in [6, 6.07) is 27.3. The third-order valence-electron chi connectivity index (χ3n) is 9.95. The highest BCUT2D eigenvalue weighted by atomic mass is 32.2. The maximum Gasteiger partial charge on any atom is 0.342 e. The summed E-state index contributed by atoms with van der Waals surface area (Å²) in [6.45, 7) is -0.0248. The minimum atomic E-state index is -5.55. The van der Waals surface area contributed by atoms with E-state index in [4.69, 9.17) is 9.47 Å². The summed E-state index contributed by atoms with van der Waals surface area (Å²) < 4.78 is 112. The van der Waals surface area contributed by atoms with Gasteiger partial charge < -0.3 is 14.8 Å². The lowest BCUT2D eigenvalue weighted by molar-refractivity contribution is -0.119. The molecule has 1 unspecified atom stereocenters. The van der Waals surface area contributed by atoms with Crippen LogP contribution in [0.25, 0.3) is 0 Å². The van der Waals surface area contributed by atoms with Crippen molar-refractivity contribution in [3.63, 3.8) is 0 Å². The number of rotatable bonds is 14. The maximum absolute atomic E-state index is 14.9. The lowest BCUT2D eigenvalue weighted by atomic mass is 9.84. The summed E-state index contributed by atoms with van der Waals surface area (Å²) in [7, 11) is -4.73. The molecule has 8 nitrogen and oxygen atoms in total. The summed E-state index contributed by atoms with van der Waals surface area (Å²) in [5, 5.41) is 2.58. The number of hydrogen-bond acceptors (Lipinski definition) is 6. The first-order valence-corrected chi connectivity index (χ1v) is 19.7. The van der Waals surface area contributed by atoms with Crippen molar-refractivity contribution in [1.82, 2.24) is 4.31 Å².